The zero-order valence-electron chi connectivity index (χ0n) is 16.7. The summed E-state index contributed by atoms with van der Waals surface area (Å²) in [6, 6.07) is 19.9. The van der Waals surface area contributed by atoms with Gasteiger partial charge in [0, 0.05) is 20.6 Å². The minimum absolute atomic E-state index is 0.107. The van der Waals surface area contributed by atoms with Gasteiger partial charge in [-0.25, -0.2) is 4.68 Å². The number of carbonyl (C=O) groups is 3. The van der Waals surface area contributed by atoms with Gasteiger partial charge in [0.25, 0.3) is 5.91 Å². The van der Waals surface area contributed by atoms with Crippen LogP contribution >= 0.6 is 39.1 Å². The average Bonchev–Trinajstić information content (AvgIpc) is 3.14. The second kappa shape index (κ2) is 9.66. The van der Waals surface area contributed by atoms with Crippen LogP contribution in [-0.2, 0) is 9.59 Å². The quantitative estimate of drug-likeness (QED) is 0.288. The fraction of sp³-hybridized carbons (Fsp3) is 0. The van der Waals surface area contributed by atoms with Gasteiger partial charge in [-0.15, -0.1) is 0 Å². The van der Waals surface area contributed by atoms with Gasteiger partial charge in [-0.2, -0.15) is 0 Å². The van der Waals surface area contributed by atoms with Gasteiger partial charge in [-0.3, -0.25) is 19.8 Å². The number of hydrogen-bond acceptors (Lipinski definition) is 3. The van der Waals surface area contributed by atoms with Crippen LogP contribution in [0.3, 0.4) is 0 Å². The summed E-state index contributed by atoms with van der Waals surface area (Å²) in [7, 11) is 0. The van der Waals surface area contributed by atoms with Crippen LogP contribution in [0.15, 0.2) is 77.3 Å². The van der Waals surface area contributed by atoms with Crippen molar-refractivity contribution in [3.05, 3.63) is 93.0 Å². The van der Waals surface area contributed by atoms with E-state index in [1.165, 1.54) is 4.68 Å². The number of fused-ring (bicyclic) bond motifs is 1. The highest BCUT2D eigenvalue weighted by Gasteiger charge is 2.21. The smallest absolute Gasteiger partial charge is 0.319 e. The van der Waals surface area contributed by atoms with Gasteiger partial charge in [0.2, 0.25) is 0 Å². The van der Waals surface area contributed by atoms with Crippen molar-refractivity contribution in [1.82, 2.24) is 4.68 Å². The molecule has 0 saturated carbocycles. The molecule has 0 atom stereocenters. The summed E-state index contributed by atoms with van der Waals surface area (Å²) in [5.74, 6) is -2.39. The molecular formula is C23H15BrCl2N4O3. The van der Waals surface area contributed by atoms with Gasteiger partial charge in [0.15, 0.2) is 0 Å². The normalized spacial score (nSPS) is 10.6. The largest absolute Gasteiger partial charge is 0.328 e. The van der Waals surface area contributed by atoms with E-state index in [2.05, 4.69) is 32.0 Å². The number of rotatable bonds is 4. The zero-order chi connectivity index (χ0) is 23.5. The third kappa shape index (κ3) is 5.19. The van der Waals surface area contributed by atoms with Gasteiger partial charge in [0.1, 0.15) is 5.69 Å². The van der Waals surface area contributed by atoms with E-state index in [1.54, 1.807) is 72.8 Å². The van der Waals surface area contributed by atoms with E-state index in [4.69, 9.17) is 23.2 Å². The van der Waals surface area contributed by atoms with Crippen molar-refractivity contribution in [2.75, 3.05) is 16.1 Å². The molecule has 3 amide bonds. The standard InChI is InChI=1S/C23H15BrCl2N4O3/c24-14-5-10-19-13(11-14)12-20(21(31)28-18-4-2-1-3-17(18)26)30(19)29-23(33)22(32)27-16-8-6-15(25)7-9-16/h1-12H,(H,27,32)(H,28,31)(H,29,33). The van der Waals surface area contributed by atoms with Crippen molar-refractivity contribution >= 4 is 79.1 Å². The lowest BCUT2D eigenvalue weighted by Crippen LogP contribution is -2.36. The topological polar surface area (TPSA) is 92.2 Å². The van der Waals surface area contributed by atoms with E-state index in [1.807, 2.05) is 0 Å². The summed E-state index contributed by atoms with van der Waals surface area (Å²) in [4.78, 5) is 38.1. The van der Waals surface area contributed by atoms with Crippen LogP contribution in [0.5, 0.6) is 0 Å². The molecule has 1 heterocycles. The van der Waals surface area contributed by atoms with Crippen LogP contribution in [0.2, 0.25) is 10.0 Å². The number of carbonyl (C=O) groups excluding carboxylic acids is 3. The maximum Gasteiger partial charge on any atom is 0.328 e. The second-order valence-electron chi connectivity index (χ2n) is 6.90. The second-order valence-corrected chi connectivity index (χ2v) is 8.66. The van der Waals surface area contributed by atoms with Crippen LogP contribution in [-0.4, -0.2) is 22.4 Å². The van der Waals surface area contributed by atoms with Crippen molar-refractivity contribution in [3.63, 3.8) is 0 Å². The first-order valence-corrected chi connectivity index (χ1v) is 11.1. The van der Waals surface area contributed by atoms with Crippen molar-refractivity contribution in [2.45, 2.75) is 0 Å². The minimum Gasteiger partial charge on any atom is -0.319 e. The van der Waals surface area contributed by atoms with Crippen LogP contribution in [0.25, 0.3) is 10.9 Å². The van der Waals surface area contributed by atoms with E-state index in [9.17, 15) is 14.4 Å². The van der Waals surface area contributed by atoms with Crippen molar-refractivity contribution in [1.29, 1.82) is 0 Å². The number of para-hydroxylation sites is 1. The highest BCUT2D eigenvalue weighted by Crippen LogP contribution is 2.25. The third-order valence-corrected chi connectivity index (χ3v) is 5.71. The molecular weight excluding hydrogens is 531 g/mol. The predicted octanol–water partition coefficient (Wildman–Crippen LogP) is 5.67. The van der Waals surface area contributed by atoms with Gasteiger partial charge in [0.05, 0.1) is 16.2 Å². The average molecular weight is 546 g/mol. The first kappa shape index (κ1) is 22.8. The minimum atomic E-state index is -0.961. The fourth-order valence-electron chi connectivity index (χ4n) is 3.10. The maximum atomic E-state index is 13.0. The molecule has 0 spiro atoms. The molecule has 0 radical (unpaired) electrons. The SMILES string of the molecule is O=C(Nc1ccc(Cl)cc1)C(=O)Nn1c(C(=O)Nc2ccccc2Cl)cc2cc(Br)ccc21. The predicted molar refractivity (Wildman–Crippen MR) is 133 cm³/mol. The van der Waals surface area contributed by atoms with E-state index in [0.29, 0.717) is 32.3 Å². The molecule has 0 aliphatic rings. The number of halogens is 3. The first-order valence-electron chi connectivity index (χ1n) is 9.56. The van der Waals surface area contributed by atoms with Gasteiger partial charge >= 0.3 is 11.8 Å². The van der Waals surface area contributed by atoms with Gasteiger partial charge in [-0.1, -0.05) is 51.3 Å². The molecule has 1 aromatic heterocycles. The summed E-state index contributed by atoms with van der Waals surface area (Å²) in [6.45, 7) is 0. The number of nitrogens with one attached hydrogen (secondary N) is 3. The van der Waals surface area contributed by atoms with Crippen molar-refractivity contribution in [3.8, 4) is 0 Å². The highest BCUT2D eigenvalue weighted by molar-refractivity contribution is 9.10. The Balaban J connectivity index is 1.63. The molecule has 3 aromatic carbocycles. The summed E-state index contributed by atoms with van der Waals surface area (Å²) in [6.07, 6.45) is 0. The van der Waals surface area contributed by atoms with Crippen LogP contribution < -0.4 is 16.1 Å². The molecule has 3 N–H and O–H groups in total. The molecule has 0 aliphatic heterocycles. The van der Waals surface area contributed by atoms with Gasteiger partial charge in [-0.05, 0) is 60.7 Å². The molecule has 10 heteroatoms. The molecule has 166 valence electrons. The molecule has 0 fully saturated rings. The molecule has 7 nitrogen and oxygen atoms in total. The Labute approximate surface area is 206 Å². The fourth-order valence-corrected chi connectivity index (χ4v) is 3.78. The highest BCUT2D eigenvalue weighted by atomic mass is 79.9. The van der Waals surface area contributed by atoms with Gasteiger partial charge < -0.3 is 10.6 Å². The van der Waals surface area contributed by atoms with E-state index in [0.717, 1.165) is 4.47 Å². The molecule has 0 aliphatic carbocycles. The lowest BCUT2D eigenvalue weighted by atomic mass is 10.2. The Morgan fingerprint density at radius 3 is 2.27 bits per heavy atom. The molecule has 0 saturated heterocycles. The molecule has 4 rings (SSSR count). The summed E-state index contributed by atoms with van der Waals surface area (Å²) in [5, 5.41) is 6.74. The van der Waals surface area contributed by atoms with Crippen molar-refractivity contribution < 1.29 is 14.4 Å². The number of hydrogen-bond donors (Lipinski definition) is 3. The van der Waals surface area contributed by atoms with E-state index < -0.39 is 17.7 Å². The summed E-state index contributed by atoms with van der Waals surface area (Å²) < 4.78 is 2.05. The summed E-state index contributed by atoms with van der Waals surface area (Å²) >= 11 is 15.4. The lowest BCUT2D eigenvalue weighted by molar-refractivity contribution is -0.133. The Kier molecular flexibility index (Phi) is 6.69. The van der Waals surface area contributed by atoms with Crippen LogP contribution in [0, 0.1) is 0 Å². The Morgan fingerprint density at radius 2 is 1.55 bits per heavy atom. The summed E-state index contributed by atoms with van der Waals surface area (Å²) in [5.41, 5.74) is 3.94. The molecule has 4 aromatic rings. The van der Waals surface area contributed by atoms with Crippen LogP contribution in [0.4, 0.5) is 11.4 Å². The maximum absolute atomic E-state index is 13.0. The molecule has 0 bridgehead atoms. The Hall–Kier alpha value is -3.33. The zero-order valence-corrected chi connectivity index (χ0v) is 19.8. The first-order chi connectivity index (χ1) is 15.8. The molecule has 0 unspecified atom stereocenters. The Morgan fingerprint density at radius 1 is 0.818 bits per heavy atom. The number of anilines is 2. The third-order valence-electron chi connectivity index (χ3n) is 4.64. The van der Waals surface area contributed by atoms with Crippen LogP contribution in [0.1, 0.15) is 10.5 Å². The lowest BCUT2D eigenvalue weighted by Gasteiger charge is -2.13. The monoisotopic (exact) mass is 544 g/mol. The molecule has 33 heavy (non-hydrogen) atoms. The number of amides is 3. The Bertz CT molecular complexity index is 1390. The van der Waals surface area contributed by atoms with E-state index >= 15 is 0 Å². The number of nitrogens with zero attached hydrogens (tertiary/aromatic N) is 1. The number of aromatic nitrogens is 1. The van der Waals surface area contributed by atoms with E-state index in [-0.39, 0.29) is 5.69 Å². The number of benzene rings is 3. The van der Waals surface area contributed by atoms with Crippen molar-refractivity contribution in [2.24, 2.45) is 0 Å².